The molecule has 0 unspecified atom stereocenters. The van der Waals surface area contributed by atoms with Gasteiger partial charge in [-0.3, -0.25) is 9.69 Å². The number of piperidine rings is 1. The zero-order chi connectivity index (χ0) is 24.6. The molecule has 0 radical (unpaired) electrons. The second-order valence-corrected chi connectivity index (χ2v) is 9.59. The van der Waals surface area contributed by atoms with Crippen LogP contribution in [0, 0.1) is 0 Å². The van der Waals surface area contributed by atoms with Crippen LogP contribution in [0.1, 0.15) is 36.5 Å². The number of anilines is 2. The maximum absolute atomic E-state index is 12.8. The third-order valence-corrected chi connectivity index (χ3v) is 7.07. The van der Waals surface area contributed by atoms with Crippen LogP contribution in [0.5, 0.6) is 0 Å². The van der Waals surface area contributed by atoms with Crippen molar-refractivity contribution in [3.63, 3.8) is 0 Å². The van der Waals surface area contributed by atoms with Gasteiger partial charge in [0.15, 0.2) is 0 Å². The molecule has 0 saturated carbocycles. The summed E-state index contributed by atoms with van der Waals surface area (Å²) in [6.07, 6.45) is 2.42. The van der Waals surface area contributed by atoms with Crippen molar-refractivity contribution in [2.75, 3.05) is 62.6 Å². The number of ether oxygens (including phenoxy) is 1. The lowest BCUT2D eigenvalue weighted by Gasteiger charge is -2.37. The van der Waals surface area contributed by atoms with Crippen LogP contribution in [-0.4, -0.2) is 80.1 Å². The SMILES string of the molecule is CCOC(=O)c1ccc(NC2CCN(C(=O)CCN3CCN(c4ccc(Cl)cc4)CC3)CC2)cc1. The Bertz CT molecular complexity index is 967. The smallest absolute Gasteiger partial charge is 0.338 e. The van der Waals surface area contributed by atoms with Crippen molar-refractivity contribution in [3.05, 3.63) is 59.1 Å². The van der Waals surface area contributed by atoms with E-state index in [1.807, 2.05) is 29.2 Å². The summed E-state index contributed by atoms with van der Waals surface area (Å²) in [6.45, 7) is 8.42. The molecule has 35 heavy (non-hydrogen) atoms. The molecule has 0 bridgehead atoms. The van der Waals surface area contributed by atoms with Gasteiger partial charge in [-0.2, -0.15) is 0 Å². The van der Waals surface area contributed by atoms with Gasteiger partial charge < -0.3 is 19.9 Å². The monoisotopic (exact) mass is 498 g/mol. The highest BCUT2D eigenvalue weighted by atomic mass is 35.5. The van der Waals surface area contributed by atoms with Gasteiger partial charge in [-0.1, -0.05) is 11.6 Å². The van der Waals surface area contributed by atoms with E-state index in [-0.39, 0.29) is 11.9 Å². The van der Waals surface area contributed by atoms with Gasteiger partial charge in [0, 0.05) is 74.7 Å². The van der Waals surface area contributed by atoms with E-state index in [2.05, 4.69) is 27.2 Å². The van der Waals surface area contributed by atoms with Gasteiger partial charge >= 0.3 is 5.97 Å². The lowest BCUT2D eigenvalue weighted by molar-refractivity contribution is -0.132. The van der Waals surface area contributed by atoms with Crippen LogP contribution in [0.2, 0.25) is 5.02 Å². The van der Waals surface area contributed by atoms with Crippen LogP contribution in [-0.2, 0) is 9.53 Å². The minimum absolute atomic E-state index is 0.252. The number of piperazine rings is 1. The van der Waals surface area contributed by atoms with Crippen LogP contribution < -0.4 is 10.2 Å². The summed E-state index contributed by atoms with van der Waals surface area (Å²) < 4.78 is 5.03. The maximum atomic E-state index is 12.8. The number of carbonyl (C=O) groups excluding carboxylic acids is 2. The molecule has 2 fully saturated rings. The summed E-state index contributed by atoms with van der Waals surface area (Å²) >= 11 is 6.00. The first-order valence-corrected chi connectivity index (χ1v) is 12.9. The summed E-state index contributed by atoms with van der Waals surface area (Å²) in [5.74, 6) is -0.0447. The van der Waals surface area contributed by atoms with Crippen LogP contribution in [0.25, 0.3) is 0 Å². The lowest BCUT2D eigenvalue weighted by Crippen LogP contribution is -2.48. The molecule has 0 spiro atoms. The summed E-state index contributed by atoms with van der Waals surface area (Å²) in [4.78, 5) is 31.3. The van der Waals surface area contributed by atoms with Gasteiger partial charge in [0.25, 0.3) is 0 Å². The quantitative estimate of drug-likeness (QED) is 0.552. The molecule has 0 aromatic heterocycles. The fourth-order valence-electron chi connectivity index (χ4n) is 4.72. The lowest BCUT2D eigenvalue weighted by atomic mass is 10.0. The average molecular weight is 499 g/mol. The molecule has 2 aromatic rings. The number of carbonyl (C=O) groups is 2. The Balaban J connectivity index is 1.14. The van der Waals surface area contributed by atoms with Crippen LogP contribution >= 0.6 is 11.6 Å². The van der Waals surface area contributed by atoms with Crippen LogP contribution in [0.3, 0.4) is 0 Å². The van der Waals surface area contributed by atoms with Crippen molar-refractivity contribution in [1.29, 1.82) is 0 Å². The minimum Gasteiger partial charge on any atom is -0.462 e. The second kappa shape index (κ2) is 12.3. The van der Waals surface area contributed by atoms with Gasteiger partial charge in [0.05, 0.1) is 12.2 Å². The predicted octanol–water partition coefficient (Wildman–Crippen LogP) is 4.13. The third kappa shape index (κ3) is 7.12. The molecular formula is C27H35ClN4O3. The van der Waals surface area contributed by atoms with Crippen molar-refractivity contribution in [3.8, 4) is 0 Å². The van der Waals surface area contributed by atoms with Crippen LogP contribution in [0.15, 0.2) is 48.5 Å². The minimum atomic E-state index is -0.297. The standard InChI is InChI=1S/C27H35ClN4O3/c1-2-35-27(34)21-3-7-23(8-4-21)29-24-11-15-32(16-12-24)26(33)13-14-30-17-19-31(20-18-30)25-9-5-22(28)6-10-25/h3-10,24,29H,2,11-20H2,1H3. The Morgan fingerprint density at radius 3 is 2.23 bits per heavy atom. The Morgan fingerprint density at radius 1 is 0.943 bits per heavy atom. The molecule has 2 saturated heterocycles. The Morgan fingerprint density at radius 2 is 1.60 bits per heavy atom. The number of benzene rings is 2. The van der Waals surface area contributed by atoms with E-state index in [1.165, 1.54) is 5.69 Å². The number of hydrogen-bond acceptors (Lipinski definition) is 6. The highest BCUT2D eigenvalue weighted by molar-refractivity contribution is 6.30. The number of likely N-dealkylation sites (tertiary alicyclic amines) is 1. The van der Waals surface area contributed by atoms with E-state index in [4.69, 9.17) is 16.3 Å². The molecule has 0 atom stereocenters. The molecule has 8 heteroatoms. The fraction of sp³-hybridized carbons (Fsp3) is 0.481. The van der Waals surface area contributed by atoms with Crippen molar-refractivity contribution in [2.45, 2.75) is 32.2 Å². The topological polar surface area (TPSA) is 65.1 Å². The van der Waals surface area contributed by atoms with E-state index < -0.39 is 0 Å². The molecule has 1 amide bonds. The van der Waals surface area contributed by atoms with Crippen LogP contribution in [0.4, 0.5) is 11.4 Å². The fourth-order valence-corrected chi connectivity index (χ4v) is 4.85. The summed E-state index contributed by atoms with van der Waals surface area (Å²) in [6, 6.07) is 15.7. The Labute approximate surface area is 213 Å². The molecule has 4 rings (SSSR count). The summed E-state index contributed by atoms with van der Waals surface area (Å²) in [7, 11) is 0. The van der Waals surface area contributed by atoms with Gasteiger partial charge in [-0.05, 0) is 68.3 Å². The highest BCUT2D eigenvalue weighted by Crippen LogP contribution is 2.21. The first-order valence-electron chi connectivity index (χ1n) is 12.6. The zero-order valence-electron chi connectivity index (χ0n) is 20.4. The molecule has 2 heterocycles. The van der Waals surface area contributed by atoms with Gasteiger partial charge in [0.1, 0.15) is 0 Å². The Kier molecular flexibility index (Phi) is 8.88. The van der Waals surface area contributed by atoms with Crippen molar-refractivity contribution >= 4 is 34.9 Å². The number of hydrogen-bond donors (Lipinski definition) is 1. The van der Waals surface area contributed by atoms with Crippen molar-refractivity contribution in [1.82, 2.24) is 9.80 Å². The zero-order valence-corrected chi connectivity index (χ0v) is 21.2. The predicted molar refractivity (Wildman–Crippen MR) is 140 cm³/mol. The average Bonchev–Trinajstić information content (AvgIpc) is 2.89. The molecule has 1 N–H and O–H groups in total. The van der Waals surface area contributed by atoms with Gasteiger partial charge in [-0.15, -0.1) is 0 Å². The van der Waals surface area contributed by atoms with E-state index in [0.29, 0.717) is 24.6 Å². The maximum Gasteiger partial charge on any atom is 0.338 e. The van der Waals surface area contributed by atoms with Gasteiger partial charge in [0.2, 0.25) is 5.91 Å². The normalized spacial score (nSPS) is 17.3. The summed E-state index contributed by atoms with van der Waals surface area (Å²) in [5.41, 5.74) is 2.75. The highest BCUT2D eigenvalue weighted by Gasteiger charge is 2.24. The third-order valence-electron chi connectivity index (χ3n) is 6.82. The number of amides is 1. The number of rotatable bonds is 8. The Hall–Kier alpha value is -2.77. The van der Waals surface area contributed by atoms with E-state index in [9.17, 15) is 9.59 Å². The van der Waals surface area contributed by atoms with E-state index in [1.54, 1.807) is 19.1 Å². The number of nitrogens with zero attached hydrogens (tertiary/aromatic N) is 3. The summed E-state index contributed by atoms with van der Waals surface area (Å²) in [5, 5.41) is 4.29. The molecule has 2 aliphatic heterocycles. The van der Waals surface area contributed by atoms with Crippen molar-refractivity contribution < 1.29 is 14.3 Å². The molecule has 7 nitrogen and oxygen atoms in total. The molecule has 0 aliphatic carbocycles. The second-order valence-electron chi connectivity index (χ2n) is 9.15. The molecular weight excluding hydrogens is 464 g/mol. The number of esters is 1. The number of halogens is 1. The van der Waals surface area contributed by atoms with Gasteiger partial charge in [-0.25, -0.2) is 4.79 Å². The first-order chi connectivity index (χ1) is 17.0. The van der Waals surface area contributed by atoms with Crippen molar-refractivity contribution in [2.24, 2.45) is 0 Å². The van der Waals surface area contributed by atoms with E-state index in [0.717, 1.165) is 69.4 Å². The number of nitrogens with one attached hydrogen (secondary N) is 1. The first kappa shape index (κ1) is 25.3. The molecule has 188 valence electrons. The van der Waals surface area contributed by atoms with E-state index >= 15 is 0 Å². The molecule has 2 aromatic carbocycles. The molecule has 2 aliphatic rings. The largest absolute Gasteiger partial charge is 0.462 e.